The summed E-state index contributed by atoms with van der Waals surface area (Å²) in [6.45, 7) is 4.63. The van der Waals surface area contributed by atoms with E-state index < -0.39 is 13.9 Å². The summed E-state index contributed by atoms with van der Waals surface area (Å²) in [5.41, 5.74) is 0. The van der Waals surface area contributed by atoms with Crippen LogP contribution in [0.4, 0.5) is 0 Å². The van der Waals surface area contributed by atoms with Gasteiger partial charge in [-0.25, -0.2) is 0 Å². The van der Waals surface area contributed by atoms with Crippen LogP contribution >= 0.6 is 7.60 Å². The lowest BCUT2D eigenvalue weighted by Gasteiger charge is -2.12. The molecule has 0 aromatic rings. The van der Waals surface area contributed by atoms with E-state index in [4.69, 9.17) is 19.3 Å². The van der Waals surface area contributed by atoms with Gasteiger partial charge in [0.1, 0.15) is 0 Å². The van der Waals surface area contributed by atoms with Crippen LogP contribution in [0.25, 0.3) is 0 Å². The minimum Gasteiger partial charge on any atom is -0.349 e. The Labute approximate surface area is 83.9 Å². The van der Waals surface area contributed by atoms with Crippen molar-refractivity contribution in [2.45, 2.75) is 20.1 Å². The summed E-state index contributed by atoms with van der Waals surface area (Å²) in [5, 5.41) is 0. The molecule has 0 radical (unpaired) electrons. The fourth-order valence-electron chi connectivity index (χ4n) is 0.797. The number of ether oxygens (including phenoxy) is 2. The molecule has 84 valence electrons. The average Bonchev–Trinajstić information content (AvgIpc) is 2.02. The predicted molar refractivity (Wildman–Crippen MR) is 53.1 cm³/mol. The van der Waals surface area contributed by atoms with Gasteiger partial charge in [0.15, 0.2) is 6.29 Å². The van der Waals surface area contributed by atoms with Gasteiger partial charge < -0.3 is 19.3 Å². The molecular weight excluding hydrogens is 207 g/mol. The molecule has 0 fully saturated rings. The topological polar surface area (TPSA) is 76.0 Å². The molecule has 0 bridgehead atoms. The quantitative estimate of drug-likeness (QED) is 0.385. The van der Waals surface area contributed by atoms with Crippen molar-refractivity contribution in [2.24, 2.45) is 0 Å². The molecule has 0 aromatic carbocycles. The van der Waals surface area contributed by atoms with Crippen molar-refractivity contribution in [3.05, 3.63) is 12.2 Å². The van der Waals surface area contributed by atoms with Gasteiger partial charge in [0.2, 0.25) is 0 Å². The molecule has 0 aromatic heterocycles. The monoisotopic (exact) mass is 224 g/mol. The number of hydrogen-bond donors (Lipinski definition) is 2. The summed E-state index contributed by atoms with van der Waals surface area (Å²) in [6.07, 6.45) is 2.07. The van der Waals surface area contributed by atoms with Crippen molar-refractivity contribution in [3.8, 4) is 0 Å². The van der Waals surface area contributed by atoms with Gasteiger partial charge in [-0.15, -0.1) is 0 Å². The molecule has 0 heterocycles. The molecule has 5 nitrogen and oxygen atoms in total. The molecular formula is C8H17O5P. The first kappa shape index (κ1) is 13.8. The molecule has 6 heteroatoms. The number of allylic oxidation sites excluding steroid dienone is 1. The average molecular weight is 224 g/mol. The second kappa shape index (κ2) is 7.15. The Balaban J connectivity index is 3.95. The van der Waals surface area contributed by atoms with Crippen LogP contribution in [0.2, 0.25) is 0 Å². The van der Waals surface area contributed by atoms with Crippen molar-refractivity contribution < 1.29 is 23.8 Å². The maximum atomic E-state index is 10.5. The molecule has 2 N–H and O–H groups in total. The molecule has 14 heavy (non-hydrogen) atoms. The van der Waals surface area contributed by atoms with E-state index in [1.807, 2.05) is 13.8 Å². The van der Waals surface area contributed by atoms with Crippen molar-refractivity contribution in [1.29, 1.82) is 0 Å². The van der Waals surface area contributed by atoms with Gasteiger partial charge in [-0.05, 0) is 19.9 Å². The Hall–Kier alpha value is -0.190. The number of hydrogen-bond acceptors (Lipinski definition) is 3. The highest BCUT2D eigenvalue weighted by atomic mass is 31.2. The lowest BCUT2D eigenvalue weighted by molar-refractivity contribution is -0.103. The van der Waals surface area contributed by atoms with Gasteiger partial charge in [-0.3, -0.25) is 4.57 Å². The maximum Gasteiger partial charge on any atom is 0.329 e. The van der Waals surface area contributed by atoms with Gasteiger partial charge in [-0.2, -0.15) is 0 Å². The Morgan fingerprint density at radius 2 is 1.79 bits per heavy atom. The molecule has 0 amide bonds. The first-order valence-electron chi connectivity index (χ1n) is 4.44. The van der Waals surface area contributed by atoms with Gasteiger partial charge in [0, 0.05) is 13.2 Å². The van der Waals surface area contributed by atoms with Crippen molar-refractivity contribution in [2.75, 3.05) is 19.4 Å². The molecule has 0 rings (SSSR count). The highest BCUT2D eigenvalue weighted by molar-refractivity contribution is 7.51. The number of rotatable bonds is 7. The van der Waals surface area contributed by atoms with E-state index in [0.717, 1.165) is 0 Å². The normalized spacial score (nSPS) is 12.9. The van der Waals surface area contributed by atoms with E-state index in [0.29, 0.717) is 13.2 Å². The zero-order valence-corrected chi connectivity index (χ0v) is 9.31. The Bertz CT molecular complexity index is 204. The second-order valence-electron chi connectivity index (χ2n) is 2.55. The largest absolute Gasteiger partial charge is 0.349 e. The lowest BCUT2D eigenvalue weighted by Crippen LogP contribution is -2.14. The van der Waals surface area contributed by atoms with Crippen LogP contribution in [0.15, 0.2) is 12.2 Å². The molecule has 0 spiro atoms. The third-order valence-electron chi connectivity index (χ3n) is 1.30. The lowest BCUT2D eigenvalue weighted by atomic mass is 10.5. The van der Waals surface area contributed by atoms with Crippen molar-refractivity contribution in [3.63, 3.8) is 0 Å². The van der Waals surface area contributed by atoms with Crippen LogP contribution in [-0.4, -0.2) is 35.5 Å². The van der Waals surface area contributed by atoms with Crippen LogP contribution in [0.1, 0.15) is 13.8 Å². The smallest absolute Gasteiger partial charge is 0.329 e. The van der Waals surface area contributed by atoms with Crippen LogP contribution in [0.3, 0.4) is 0 Å². The molecule has 0 saturated carbocycles. The van der Waals surface area contributed by atoms with Crippen LogP contribution in [0, 0.1) is 0 Å². The van der Waals surface area contributed by atoms with E-state index in [1.165, 1.54) is 12.2 Å². The zero-order chi connectivity index (χ0) is 11.0. The van der Waals surface area contributed by atoms with E-state index in [1.54, 1.807) is 0 Å². The van der Waals surface area contributed by atoms with E-state index in [-0.39, 0.29) is 6.16 Å². The predicted octanol–water partition coefficient (Wildman–Crippen LogP) is 1.12. The molecule has 0 aliphatic carbocycles. The molecule has 0 saturated heterocycles. The fraction of sp³-hybridized carbons (Fsp3) is 0.750. The SMILES string of the molecule is CCOC(C=CCP(=O)(O)O)OCC. The van der Waals surface area contributed by atoms with Gasteiger partial charge in [0.05, 0.1) is 6.16 Å². The van der Waals surface area contributed by atoms with Crippen molar-refractivity contribution in [1.82, 2.24) is 0 Å². The summed E-state index contributed by atoms with van der Waals surface area (Å²) in [5.74, 6) is 0. The van der Waals surface area contributed by atoms with Crippen LogP contribution in [-0.2, 0) is 14.0 Å². The summed E-state index contributed by atoms with van der Waals surface area (Å²) in [7, 11) is -3.96. The Kier molecular flexibility index (Phi) is 7.05. The minimum atomic E-state index is -3.96. The molecule has 0 unspecified atom stereocenters. The Morgan fingerprint density at radius 1 is 1.29 bits per heavy atom. The first-order valence-corrected chi connectivity index (χ1v) is 6.23. The summed E-state index contributed by atoms with van der Waals surface area (Å²) in [6, 6.07) is 0. The van der Waals surface area contributed by atoms with Crippen LogP contribution < -0.4 is 0 Å². The highest BCUT2D eigenvalue weighted by Crippen LogP contribution is 2.33. The summed E-state index contributed by atoms with van der Waals surface area (Å²) >= 11 is 0. The fourth-order valence-corrected chi connectivity index (χ4v) is 1.19. The second-order valence-corrected chi connectivity index (χ2v) is 4.25. The highest BCUT2D eigenvalue weighted by Gasteiger charge is 2.10. The van der Waals surface area contributed by atoms with Crippen LogP contribution in [0.5, 0.6) is 0 Å². The van der Waals surface area contributed by atoms with Gasteiger partial charge in [0.25, 0.3) is 0 Å². The molecule has 0 aliphatic heterocycles. The third-order valence-corrected chi connectivity index (χ3v) is 1.98. The standard InChI is InChI=1S/C8H17O5P/c1-3-12-8(13-4-2)6-5-7-14(9,10)11/h5-6,8H,3-4,7H2,1-2H3,(H2,9,10,11). The van der Waals surface area contributed by atoms with Crippen molar-refractivity contribution >= 4 is 7.60 Å². The molecule has 0 atom stereocenters. The third kappa shape index (κ3) is 8.41. The maximum absolute atomic E-state index is 10.5. The molecule has 0 aliphatic rings. The van der Waals surface area contributed by atoms with Gasteiger partial charge in [-0.1, -0.05) is 6.08 Å². The van der Waals surface area contributed by atoms with Gasteiger partial charge >= 0.3 is 7.60 Å². The minimum absolute atomic E-state index is 0.288. The summed E-state index contributed by atoms with van der Waals surface area (Å²) < 4.78 is 20.8. The summed E-state index contributed by atoms with van der Waals surface area (Å²) in [4.78, 5) is 17.1. The van der Waals surface area contributed by atoms with E-state index >= 15 is 0 Å². The Morgan fingerprint density at radius 3 is 2.14 bits per heavy atom. The zero-order valence-electron chi connectivity index (χ0n) is 8.42. The van der Waals surface area contributed by atoms with E-state index in [9.17, 15) is 4.57 Å². The first-order chi connectivity index (χ1) is 6.49. The van der Waals surface area contributed by atoms with E-state index in [2.05, 4.69) is 0 Å².